The summed E-state index contributed by atoms with van der Waals surface area (Å²) in [5.41, 5.74) is 0.751. The van der Waals surface area contributed by atoms with Crippen molar-refractivity contribution in [2.45, 2.75) is 57.4 Å². The Morgan fingerprint density at radius 3 is 2.57 bits per heavy atom. The number of pyridine rings is 1. The highest BCUT2D eigenvalue weighted by Gasteiger charge is 2.40. The van der Waals surface area contributed by atoms with Gasteiger partial charge in [-0.15, -0.1) is 0 Å². The van der Waals surface area contributed by atoms with Crippen molar-refractivity contribution >= 4 is 5.69 Å². The molecule has 2 aliphatic rings. The van der Waals surface area contributed by atoms with E-state index in [0.717, 1.165) is 25.7 Å². The molecule has 0 atom stereocenters. The average molecular weight is 292 g/mol. The highest BCUT2D eigenvalue weighted by atomic mass is 16.7. The van der Waals surface area contributed by atoms with Crippen LogP contribution < -0.4 is 10.9 Å². The van der Waals surface area contributed by atoms with Gasteiger partial charge in [0.25, 0.3) is 5.56 Å². The Morgan fingerprint density at radius 2 is 1.95 bits per heavy atom. The molecular weight excluding hydrogens is 268 g/mol. The molecule has 1 spiro atoms. The first-order valence-corrected chi connectivity index (χ1v) is 7.85. The third-order valence-electron chi connectivity index (χ3n) is 4.34. The van der Waals surface area contributed by atoms with E-state index in [9.17, 15) is 4.79 Å². The summed E-state index contributed by atoms with van der Waals surface area (Å²) in [6, 6.07) is 4.29. The van der Waals surface area contributed by atoms with Crippen molar-refractivity contribution in [2.24, 2.45) is 0 Å². The fourth-order valence-electron chi connectivity index (χ4n) is 3.32. The number of hydrogen-bond acceptors (Lipinski definition) is 4. The summed E-state index contributed by atoms with van der Waals surface area (Å²) < 4.78 is 13.4. The molecule has 1 saturated heterocycles. The van der Waals surface area contributed by atoms with E-state index in [1.807, 2.05) is 36.7 Å². The first-order chi connectivity index (χ1) is 10.1. The zero-order chi connectivity index (χ0) is 14.9. The van der Waals surface area contributed by atoms with E-state index in [-0.39, 0.29) is 23.4 Å². The molecule has 0 aromatic carbocycles. The first-order valence-electron chi connectivity index (χ1n) is 7.85. The fourth-order valence-corrected chi connectivity index (χ4v) is 3.32. The van der Waals surface area contributed by atoms with Crippen LogP contribution in [0.3, 0.4) is 0 Å². The molecule has 2 fully saturated rings. The van der Waals surface area contributed by atoms with E-state index in [1.54, 1.807) is 0 Å². The third-order valence-corrected chi connectivity index (χ3v) is 4.34. The number of ether oxygens (including phenoxy) is 2. The summed E-state index contributed by atoms with van der Waals surface area (Å²) in [6.45, 7) is 5.46. The van der Waals surface area contributed by atoms with Crippen molar-refractivity contribution in [3.05, 3.63) is 28.7 Å². The first kappa shape index (κ1) is 14.6. The zero-order valence-corrected chi connectivity index (χ0v) is 12.8. The van der Waals surface area contributed by atoms with Gasteiger partial charge in [0.05, 0.1) is 13.2 Å². The molecule has 5 nitrogen and oxygen atoms in total. The Morgan fingerprint density at radius 1 is 1.29 bits per heavy atom. The number of nitrogens with zero attached hydrogens (tertiary/aromatic N) is 1. The van der Waals surface area contributed by atoms with E-state index in [0.29, 0.717) is 18.9 Å². The molecule has 3 rings (SSSR count). The predicted octanol–water partition coefficient (Wildman–Crippen LogP) is 2.53. The van der Waals surface area contributed by atoms with E-state index in [4.69, 9.17) is 9.47 Å². The van der Waals surface area contributed by atoms with Crippen molar-refractivity contribution < 1.29 is 9.47 Å². The molecule has 0 radical (unpaired) electrons. The van der Waals surface area contributed by atoms with Gasteiger partial charge in [-0.25, -0.2) is 0 Å². The topological polar surface area (TPSA) is 52.5 Å². The number of aromatic nitrogens is 1. The van der Waals surface area contributed by atoms with Gasteiger partial charge in [-0.1, -0.05) is 0 Å². The van der Waals surface area contributed by atoms with Crippen LogP contribution in [0.5, 0.6) is 0 Å². The molecule has 116 valence electrons. The molecule has 2 heterocycles. The molecular formula is C16H24N2O3. The summed E-state index contributed by atoms with van der Waals surface area (Å²) in [5, 5.41) is 3.22. The second-order valence-electron chi connectivity index (χ2n) is 6.27. The SMILES string of the molecule is CC(C)Nc1cccn(C2CCC3(CC2)OCCO3)c1=O. The van der Waals surface area contributed by atoms with Gasteiger partial charge in [-0.3, -0.25) is 4.79 Å². The number of nitrogens with one attached hydrogen (secondary N) is 1. The predicted molar refractivity (Wildman–Crippen MR) is 81.6 cm³/mol. The fraction of sp³-hybridized carbons (Fsp3) is 0.688. The number of rotatable bonds is 3. The van der Waals surface area contributed by atoms with Gasteiger partial charge in [0.15, 0.2) is 5.79 Å². The highest BCUT2D eigenvalue weighted by Crippen LogP contribution is 2.39. The van der Waals surface area contributed by atoms with Gasteiger partial charge in [0.2, 0.25) is 0 Å². The van der Waals surface area contributed by atoms with E-state index >= 15 is 0 Å². The van der Waals surface area contributed by atoms with E-state index in [2.05, 4.69) is 5.32 Å². The smallest absolute Gasteiger partial charge is 0.274 e. The van der Waals surface area contributed by atoms with Crippen LogP contribution in [0.25, 0.3) is 0 Å². The maximum absolute atomic E-state index is 12.6. The largest absolute Gasteiger partial charge is 0.378 e. The van der Waals surface area contributed by atoms with Gasteiger partial charge in [0, 0.05) is 31.1 Å². The minimum Gasteiger partial charge on any atom is -0.378 e. The number of anilines is 1. The molecule has 0 amide bonds. The quantitative estimate of drug-likeness (QED) is 0.930. The Labute approximate surface area is 125 Å². The summed E-state index contributed by atoms with van der Waals surface area (Å²) in [7, 11) is 0. The third kappa shape index (κ3) is 2.99. The second kappa shape index (κ2) is 5.81. The molecule has 21 heavy (non-hydrogen) atoms. The van der Waals surface area contributed by atoms with E-state index < -0.39 is 0 Å². The molecule has 5 heteroatoms. The van der Waals surface area contributed by atoms with Crippen LogP contribution in [0.1, 0.15) is 45.6 Å². The molecule has 0 bridgehead atoms. The molecule has 1 N–H and O–H groups in total. The van der Waals surface area contributed by atoms with Crippen molar-refractivity contribution in [2.75, 3.05) is 18.5 Å². The van der Waals surface area contributed by atoms with Gasteiger partial charge in [0.1, 0.15) is 5.69 Å². The lowest BCUT2D eigenvalue weighted by atomic mass is 9.90. The standard InChI is InChI=1S/C16H24N2O3/c1-12(2)17-14-4-3-9-18(15(14)19)13-5-7-16(8-6-13)20-10-11-21-16/h3-4,9,12-13,17H,5-8,10-11H2,1-2H3. The van der Waals surface area contributed by atoms with Crippen LogP contribution in [0, 0.1) is 0 Å². The lowest BCUT2D eigenvalue weighted by molar-refractivity contribution is -0.181. The maximum Gasteiger partial charge on any atom is 0.274 e. The van der Waals surface area contributed by atoms with Crippen LogP contribution in [-0.4, -0.2) is 29.6 Å². The normalized spacial score (nSPS) is 22.0. The monoisotopic (exact) mass is 292 g/mol. The summed E-state index contributed by atoms with van der Waals surface area (Å²) in [4.78, 5) is 12.6. The minimum absolute atomic E-state index is 0.0698. The van der Waals surface area contributed by atoms with E-state index in [1.165, 1.54) is 0 Å². The Kier molecular flexibility index (Phi) is 4.04. The Balaban J connectivity index is 1.74. The minimum atomic E-state index is -0.367. The molecule has 1 aliphatic heterocycles. The van der Waals surface area contributed by atoms with Crippen molar-refractivity contribution in [3.8, 4) is 0 Å². The molecule has 1 aliphatic carbocycles. The maximum atomic E-state index is 12.6. The van der Waals surface area contributed by atoms with Gasteiger partial charge < -0.3 is 19.4 Å². The van der Waals surface area contributed by atoms with Crippen molar-refractivity contribution in [3.63, 3.8) is 0 Å². The van der Waals surface area contributed by atoms with Crippen LogP contribution in [0.4, 0.5) is 5.69 Å². The summed E-state index contributed by atoms with van der Waals surface area (Å²) >= 11 is 0. The van der Waals surface area contributed by atoms with Crippen molar-refractivity contribution in [1.29, 1.82) is 0 Å². The molecule has 1 aromatic rings. The van der Waals surface area contributed by atoms with Crippen LogP contribution in [0.2, 0.25) is 0 Å². The molecule has 0 unspecified atom stereocenters. The number of hydrogen-bond donors (Lipinski definition) is 1. The Hall–Kier alpha value is -1.33. The van der Waals surface area contributed by atoms with Crippen molar-refractivity contribution in [1.82, 2.24) is 4.57 Å². The van der Waals surface area contributed by atoms with Crippen LogP contribution in [0.15, 0.2) is 23.1 Å². The summed E-state index contributed by atoms with van der Waals surface area (Å²) in [6.07, 6.45) is 5.47. The van der Waals surface area contributed by atoms with Gasteiger partial charge in [-0.2, -0.15) is 0 Å². The van der Waals surface area contributed by atoms with Crippen LogP contribution >= 0.6 is 0 Å². The molecule has 1 saturated carbocycles. The van der Waals surface area contributed by atoms with Crippen LogP contribution in [-0.2, 0) is 9.47 Å². The van der Waals surface area contributed by atoms with Gasteiger partial charge in [-0.05, 0) is 38.8 Å². The second-order valence-corrected chi connectivity index (χ2v) is 6.27. The Bertz CT molecular complexity index is 537. The molecule has 1 aromatic heterocycles. The van der Waals surface area contributed by atoms with Gasteiger partial charge >= 0.3 is 0 Å². The summed E-state index contributed by atoms with van der Waals surface area (Å²) in [5.74, 6) is -0.367. The highest BCUT2D eigenvalue weighted by molar-refractivity contribution is 5.41. The lowest BCUT2D eigenvalue weighted by Crippen LogP contribution is -2.38. The zero-order valence-electron chi connectivity index (χ0n) is 12.8. The average Bonchev–Trinajstić information content (AvgIpc) is 2.90. The lowest BCUT2D eigenvalue weighted by Gasteiger charge is -2.36.